The fourth-order valence-electron chi connectivity index (χ4n) is 2.87. The quantitative estimate of drug-likeness (QED) is 0.427. The minimum absolute atomic E-state index is 0.179. The maximum absolute atomic E-state index is 13.8. The molecule has 30 heavy (non-hydrogen) atoms. The number of hydrogen-bond acceptors (Lipinski definition) is 6. The number of hydrogen-bond donors (Lipinski definition) is 4. The summed E-state index contributed by atoms with van der Waals surface area (Å²) in [4.78, 5) is 12.8. The number of amides is 1. The highest BCUT2D eigenvalue weighted by molar-refractivity contribution is 6.02. The Balaban J connectivity index is 1.90. The molecule has 0 aliphatic heterocycles. The third kappa shape index (κ3) is 4.11. The van der Waals surface area contributed by atoms with Gasteiger partial charge in [0, 0.05) is 12.3 Å². The van der Waals surface area contributed by atoms with Crippen LogP contribution in [-0.2, 0) is 6.61 Å². The van der Waals surface area contributed by atoms with Crippen LogP contribution < -0.4 is 15.8 Å². The number of rotatable bonds is 7. The minimum Gasteiger partial charge on any atom is -0.489 e. The molecule has 3 aromatic rings. The summed E-state index contributed by atoms with van der Waals surface area (Å²) in [6.07, 6.45) is 0.0398. The van der Waals surface area contributed by atoms with Crippen molar-refractivity contribution >= 4 is 11.4 Å². The molecule has 2 heterocycles. The van der Waals surface area contributed by atoms with E-state index in [2.05, 4.69) is 10.4 Å². The highest BCUT2D eigenvalue weighted by Crippen LogP contribution is 2.23. The van der Waals surface area contributed by atoms with Crippen LogP contribution in [0.25, 0.3) is 5.52 Å². The van der Waals surface area contributed by atoms with Gasteiger partial charge in [-0.3, -0.25) is 4.79 Å². The Morgan fingerprint density at radius 1 is 1.37 bits per heavy atom. The second kappa shape index (κ2) is 8.34. The van der Waals surface area contributed by atoms with Gasteiger partial charge in [0.2, 0.25) is 0 Å². The van der Waals surface area contributed by atoms with Gasteiger partial charge in [-0.1, -0.05) is 6.07 Å². The zero-order valence-corrected chi connectivity index (χ0v) is 16.4. The SMILES string of the molecule is Cc1nn2ccc(OCc3c(F)cccc3F)cc2c1C(=O)NC(C)(CO)C(N)O. The number of benzene rings is 1. The number of pyridine rings is 1. The van der Waals surface area contributed by atoms with Crippen LogP contribution in [0.2, 0.25) is 0 Å². The molecule has 10 heteroatoms. The van der Waals surface area contributed by atoms with Crippen molar-refractivity contribution < 1.29 is 28.5 Å². The molecule has 2 aromatic heterocycles. The van der Waals surface area contributed by atoms with E-state index in [1.807, 2.05) is 0 Å². The van der Waals surface area contributed by atoms with Gasteiger partial charge in [-0.15, -0.1) is 0 Å². The van der Waals surface area contributed by atoms with Gasteiger partial charge in [-0.25, -0.2) is 13.3 Å². The third-order valence-electron chi connectivity index (χ3n) is 4.83. The Labute approximate surface area is 170 Å². The summed E-state index contributed by atoms with van der Waals surface area (Å²) in [6, 6.07) is 6.58. The Hall–Kier alpha value is -3.08. The Morgan fingerprint density at radius 2 is 2.03 bits per heavy atom. The van der Waals surface area contributed by atoms with Gasteiger partial charge in [0.15, 0.2) is 0 Å². The van der Waals surface area contributed by atoms with Crippen LogP contribution in [0.1, 0.15) is 28.5 Å². The lowest BCUT2D eigenvalue weighted by atomic mass is 10.0. The maximum Gasteiger partial charge on any atom is 0.256 e. The lowest BCUT2D eigenvalue weighted by Gasteiger charge is -2.31. The number of nitrogens with zero attached hydrogens (tertiary/aromatic N) is 2. The van der Waals surface area contributed by atoms with E-state index < -0.39 is 35.9 Å². The number of carbonyl (C=O) groups is 1. The molecular weight excluding hydrogens is 398 g/mol. The van der Waals surface area contributed by atoms with Crippen LogP contribution in [0.4, 0.5) is 8.78 Å². The van der Waals surface area contributed by atoms with E-state index in [9.17, 15) is 23.8 Å². The third-order valence-corrected chi connectivity index (χ3v) is 4.83. The predicted molar refractivity (Wildman–Crippen MR) is 104 cm³/mol. The first-order valence-electron chi connectivity index (χ1n) is 9.08. The summed E-state index contributed by atoms with van der Waals surface area (Å²) in [7, 11) is 0. The van der Waals surface area contributed by atoms with Crippen molar-refractivity contribution in [1.29, 1.82) is 0 Å². The zero-order chi connectivity index (χ0) is 22.1. The number of ether oxygens (including phenoxy) is 1. The van der Waals surface area contributed by atoms with E-state index in [-0.39, 0.29) is 23.5 Å². The van der Waals surface area contributed by atoms with Gasteiger partial charge >= 0.3 is 0 Å². The van der Waals surface area contributed by atoms with Crippen LogP contribution in [0.15, 0.2) is 36.5 Å². The van der Waals surface area contributed by atoms with E-state index in [0.29, 0.717) is 11.2 Å². The summed E-state index contributed by atoms with van der Waals surface area (Å²) in [6.45, 7) is 2.09. The lowest BCUT2D eigenvalue weighted by Crippen LogP contribution is -2.60. The van der Waals surface area contributed by atoms with Crippen molar-refractivity contribution in [2.75, 3.05) is 6.61 Å². The minimum atomic E-state index is -1.50. The molecule has 1 aromatic carbocycles. The topological polar surface area (TPSA) is 122 Å². The number of halogens is 2. The first-order chi connectivity index (χ1) is 14.2. The van der Waals surface area contributed by atoms with Gasteiger partial charge < -0.3 is 26.0 Å². The van der Waals surface area contributed by atoms with Crippen LogP contribution in [0.5, 0.6) is 5.75 Å². The largest absolute Gasteiger partial charge is 0.489 e. The van der Waals surface area contributed by atoms with Gasteiger partial charge in [0.1, 0.15) is 30.2 Å². The molecule has 160 valence electrons. The molecule has 1 amide bonds. The van der Waals surface area contributed by atoms with Crippen molar-refractivity contribution in [1.82, 2.24) is 14.9 Å². The standard InChI is InChI=1S/C20H22F2N4O4/c1-11-17(18(28)24-20(2,10-27)19(23)29)16-8-12(6-7-26(16)25-11)30-9-13-14(21)4-3-5-15(13)22/h3-8,19,27,29H,9-10,23H2,1-2H3,(H,24,28). The van der Waals surface area contributed by atoms with Gasteiger partial charge in [-0.05, 0) is 32.0 Å². The molecule has 0 aliphatic carbocycles. The van der Waals surface area contributed by atoms with Crippen LogP contribution in [0.3, 0.4) is 0 Å². The molecule has 0 spiro atoms. The average Bonchev–Trinajstić information content (AvgIpc) is 3.02. The van der Waals surface area contributed by atoms with Gasteiger partial charge in [0.25, 0.3) is 5.91 Å². The van der Waals surface area contributed by atoms with Crippen molar-refractivity contribution in [2.45, 2.75) is 32.2 Å². The van der Waals surface area contributed by atoms with Crippen LogP contribution in [0, 0.1) is 18.6 Å². The Bertz CT molecular complexity index is 1070. The fraction of sp³-hybridized carbons (Fsp3) is 0.300. The number of carbonyl (C=O) groups excluding carboxylic acids is 1. The Kier molecular flexibility index (Phi) is 6.01. The summed E-state index contributed by atoms with van der Waals surface area (Å²) >= 11 is 0. The molecule has 2 unspecified atom stereocenters. The number of aliphatic hydroxyl groups is 2. The molecule has 3 rings (SSSR count). The molecular formula is C20H22F2N4O4. The second-order valence-electron chi connectivity index (χ2n) is 7.12. The molecule has 8 nitrogen and oxygen atoms in total. The molecule has 2 atom stereocenters. The van der Waals surface area contributed by atoms with Crippen molar-refractivity contribution in [3.63, 3.8) is 0 Å². The zero-order valence-electron chi connectivity index (χ0n) is 16.4. The first kappa shape index (κ1) is 21.6. The second-order valence-corrected chi connectivity index (χ2v) is 7.12. The summed E-state index contributed by atoms with van der Waals surface area (Å²) in [5, 5.41) is 25.9. The lowest BCUT2D eigenvalue weighted by molar-refractivity contribution is 0.0308. The number of aromatic nitrogens is 2. The van der Waals surface area contributed by atoms with Gasteiger partial charge in [-0.2, -0.15) is 5.10 Å². The fourth-order valence-corrected chi connectivity index (χ4v) is 2.87. The number of aryl methyl sites for hydroxylation is 1. The summed E-state index contributed by atoms with van der Waals surface area (Å²) in [5.74, 6) is -1.79. The molecule has 0 radical (unpaired) electrons. The van der Waals surface area contributed by atoms with Crippen molar-refractivity contribution in [3.8, 4) is 5.75 Å². The molecule has 5 N–H and O–H groups in total. The first-order valence-corrected chi connectivity index (χ1v) is 9.08. The van der Waals surface area contributed by atoms with Gasteiger partial charge in [0.05, 0.1) is 34.5 Å². The van der Waals surface area contributed by atoms with Crippen molar-refractivity contribution in [2.24, 2.45) is 5.73 Å². The maximum atomic E-state index is 13.8. The normalized spacial score (nSPS) is 14.4. The van der Waals surface area contributed by atoms with E-state index in [1.165, 1.54) is 29.8 Å². The molecule has 0 fully saturated rings. The number of nitrogens with two attached hydrogens (primary N) is 1. The Morgan fingerprint density at radius 3 is 2.63 bits per heavy atom. The highest BCUT2D eigenvalue weighted by atomic mass is 19.1. The monoisotopic (exact) mass is 420 g/mol. The van der Waals surface area contributed by atoms with E-state index in [4.69, 9.17) is 10.5 Å². The van der Waals surface area contributed by atoms with Crippen LogP contribution in [-0.4, -0.2) is 44.1 Å². The van der Waals surface area contributed by atoms with E-state index in [0.717, 1.165) is 12.1 Å². The highest BCUT2D eigenvalue weighted by Gasteiger charge is 2.33. The van der Waals surface area contributed by atoms with E-state index >= 15 is 0 Å². The van der Waals surface area contributed by atoms with Crippen LogP contribution >= 0.6 is 0 Å². The number of nitrogens with one attached hydrogen (secondary N) is 1. The smallest absolute Gasteiger partial charge is 0.256 e. The summed E-state index contributed by atoms with van der Waals surface area (Å²) in [5.41, 5.74) is 4.71. The molecule has 0 bridgehead atoms. The average molecular weight is 420 g/mol. The number of fused-ring (bicyclic) bond motifs is 1. The van der Waals surface area contributed by atoms with Crippen molar-refractivity contribution in [3.05, 3.63) is 65.0 Å². The molecule has 0 saturated carbocycles. The number of aliphatic hydroxyl groups excluding tert-OH is 2. The van der Waals surface area contributed by atoms with E-state index in [1.54, 1.807) is 13.0 Å². The predicted octanol–water partition coefficient (Wildman–Crippen LogP) is 1.26. The summed E-state index contributed by atoms with van der Waals surface area (Å²) < 4.78 is 34.5. The molecule has 0 aliphatic rings. The molecule has 0 saturated heterocycles.